The fourth-order valence-corrected chi connectivity index (χ4v) is 0.312. The first-order valence-electron chi connectivity index (χ1n) is 2.01. The molecule has 1 N–H and O–H groups in total. The van der Waals surface area contributed by atoms with Crippen molar-refractivity contribution in [3.8, 4) is 0 Å². The third-order valence-electron chi connectivity index (χ3n) is 0.646. The van der Waals surface area contributed by atoms with Gasteiger partial charge in [0.25, 0.3) is 0 Å². The van der Waals surface area contributed by atoms with Crippen molar-refractivity contribution in [2.75, 3.05) is 0 Å². The highest BCUT2D eigenvalue weighted by molar-refractivity contribution is 6.39. The highest BCUT2D eigenvalue weighted by Gasteiger charge is 2.20. The predicted molar refractivity (Wildman–Crippen MR) is 23.4 cm³/mol. The number of carbonyl (C=O) groups excluding carboxylic acids is 3. The largest absolute Gasteiger partial charge is 0.366 e. The lowest BCUT2D eigenvalue weighted by Crippen LogP contribution is -2.36. The smallest absolute Gasteiger partial charge is 0.266 e. The van der Waals surface area contributed by atoms with Crippen molar-refractivity contribution in [3.63, 3.8) is 0 Å². The third-order valence-corrected chi connectivity index (χ3v) is 0.646. The lowest BCUT2D eigenvalue weighted by molar-refractivity contribution is -0.137. The molecule has 0 fully saturated rings. The molecule has 0 radical (unpaired) electrons. The summed E-state index contributed by atoms with van der Waals surface area (Å²) in [5.41, 5.74) is 0. The number of carbonyl (C=O) groups is 3. The van der Waals surface area contributed by atoms with Crippen LogP contribution < -0.4 is 5.32 Å². The van der Waals surface area contributed by atoms with Gasteiger partial charge in [-0.25, -0.2) is 4.79 Å². The Hall–Kier alpha value is -1.59. The van der Waals surface area contributed by atoms with Crippen molar-refractivity contribution in [2.45, 2.75) is 0 Å². The SMILES string of the molecule is O=C1N=NC(=O)C(=O)N1. The summed E-state index contributed by atoms with van der Waals surface area (Å²) in [6.07, 6.45) is 0. The Balaban J connectivity index is 2.89. The first-order valence-corrected chi connectivity index (χ1v) is 2.01. The van der Waals surface area contributed by atoms with E-state index in [1.807, 2.05) is 0 Å². The zero-order chi connectivity index (χ0) is 6.85. The van der Waals surface area contributed by atoms with Gasteiger partial charge < -0.3 is 0 Å². The second-order valence-corrected chi connectivity index (χ2v) is 1.26. The van der Waals surface area contributed by atoms with Gasteiger partial charge >= 0.3 is 17.8 Å². The average molecular weight is 127 g/mol. The van der Waals surface area contributed by atoms with E-state index in [-0.39, 0.29) is 0 Å². The van der Waals surface area contributed by atoms with Crippen molar-refractivity contribution in [2.24, 2.45) is 10.2 Å². The Morgan fingerprint density at radius 3 is 2.22 bits per heavy atom. The fourth-order valence-electron chi connectivity index (χ4n) is 0.312. The summed E-state index contributed by atoms with van der Waals surface area (Å²) < 4.78 is 0. The molecule has 46 valence electrons. The molecule has 9 heavy (non-hydrogen) atoms. The summed E-state index contributed by atoms with van der Waals surface area (Å²) in [6.45, 7) is 0. The number of nitrogens with one attached hydrogen (secondary N) is 1. The van der Waals surface area contributed by atoms with Crippen LogP contribution in [0.1, 0.15) is 0 Å². The van der Waals surface area contributed by atoms with Crippen molar-refractivity contribution < 1.29 is 14.4 Å². The molecule has 0 aromatic heterocycles. The second-order valence-electron chi connectivity index (χ2n) is 1.26. The van der Waals surface area contributed by atoms with Crippen LogP contribution in [0.5, 0.6) is 0 Å². The van der Waals surface area contributed by atoms with Gasteiger partial charge in [0.1, 0.15) is 0 Å². The van der Waals surface area contributed by atoms with E-state index >= 15 is 0 Å². The first kappa shape index (κ1) is 5.54. The highest BCUT2D eigenvalue weighted by atomic mass is 16.2. The number of hydrogen-bond acceptors (Lipinski definition) is 3. The van der Waals surface area contributed by atoms with E-state index < -0.39 is 17.8 Å². The third kappa shape index (κ3) is 0.958. The second kappa shape index (κ2) is 1.73. The lowest BCUT2D eigenvalue weighted by Gasteiger charge is -1.97. The molecule has 1 aliphatic rings. The summed E-state index contributed by atoms with van der Waals surface area (Å²) in [6, 6.07) is -0.903. The van der Waals surface area contributed by atoms with Crippen LogP contribution in [0.2, 0.25) is 0 Å². The van der Waals surface area contributed by atoms with Crippen LogP contribution >= 0.6 is 0 Å². The van der Waals surface area contributed by atoms with Crippen LogP contribution in [-0.4, -0.2) is 17.8 Å². The molecule has 0 aliphatic carbocycles. The van der Waals surface area contributed by atoms with Crippen molar-refractivity contribution in [1.29, 1.82) is 0 Å². The Bertz CT molecular complexity index is 218. The normalized spacial score (nSPS) is 18.0. The molecule has 6 heteroatoms. The summed E-state index contributed by atoms with van der Waals surface area (Å²) >= 11 is 0. The van der Waals surface area contributed by atoms with E-state index in [1.54, 1.807) is 5.32 Å². The zero-order valence-corrected chi connectivity index (χ0v) is 4.12. The number of imide groups is 1. The van der Waals surface area contributed by atoms with Crippen LogP contribution in [-0.2, 0) is 9.59 Å². The number of azo groups is 1. The molecule has 1 aliphatic heterocycles. The molecule has 6 nitrogen and oxygen atoms in total. The zero-order valence-electron chi connectivity index (χ0n) is 4.12. The van der Waals surface area contributed by atoms with Gasteiger partial charge in [-0.15, -0.1) is 0 Å². The maximum atomic E-state index is 10.2. The molecule has 0 bridgehead atoms. The van der Waals surface area contributed by atoms with E-state index in [0.717, 1.165) is 0 Å². The van der Waals surface area contributed by atoms with E-state index in [2.05, 4.69) is 10.2 Å². The molecule has 0 saturated heterocycles. The monoisotopic (exact) mass is 127 g/mol. The van der Waals surface area contributed by atoms with E-state index in [0.29, 0.717) is 0 Å². The van der Waals surface area contributed by atoms with Gasteiger partial charge in [-0.05, 0) is 0 Å². The van der Waals surface area contributed by atoms with Crippen molar-refractivity contribution in [3.05, 3.63) is 0 Å². The van der Waals surface area contributed by atoms with Crippen molar-refractivity contribution in [1.82, 2.24) is 5.32 Å². The van der Waals surface area contributed by atoms with E-state index in [9.17, 15) is 14.4 Å². The molecule has 0 aromatic carbocycles. The first-order chi connectivity index (χ1) is 4.20. The van der Waals surface area contributed by atoms with Gasteiger partial charge in [-0.1, -0.05) is 10.2 Å². The van der Waals surface area contributed by atoms with E-state index in [4.69, 9.17) is 0 Å². The highest BCUT2D eigenvalue weighted by Crippen LogP contribution is 1.88. The number of nitrogens with zero attached hydrogens (tertiary/aromatic N) is 2. The maximum absolute atomic E-state index is 10.2. The lowest BCUT2D eigenvalue weighted by atomic mass is 10.5. The van der Waals surface area contributed by atoms with Gasteiger partial charge in [0.2, 0.25) is 0 Å². The molecular weight excluding hydrogens is 126 g/mol. The molecule has 0 aromatic rings. The Morgan fingerprint density at radius 1 is 1.11 bits per heavy atom. The molecule has 4 amide bonds. The number of urea groups is 1. The van der Waals surface area contributed by atoms with Gasteiger partial charge in [0.15, 0.2) is 0 Å². The molecule has 0 saturated carbocycles. The molecule has 0 spiro atoms. The quantitative estimate of drug-likeness (QED) is 0.432. The van der Waals surface area contributed by atoms with Gasteiger partial charge in [-0.2, -0.15) is 0 Å². The van der Waals surface area contributed by atoms with Gasteiger partial charge in [0.05, 0.1) is 0 Å². The Morgan fingerprint density at radius 2 is 1.78 bits per heavy atom. The minimum absolute atomic E-state index is 0.903. The Kier molecular flexibility index (Phi) is 1.07. The average Bonchev–Trinajstić information content (AvgIpc) is 1.80. The predicted octanol–water partition coefficient (Wildman–Crippen LogP) is -0.785. The maximum Gasteiger partial charge on any atom is 0.366 e. The Labute approximate surface area is 48.9 Å². The minimum atomic E-state index is -1.05. The molecule has 0 unspecified atom stereocenters. The molecular formula is C3HN3O3. The minimum Gasteiger partial charge on any atom is -0.266 e. The summed E-state index contributed by atoms with van der Waals surface area (Å²) in [4.78, 5) is 30.4. The van der Waals surface area contributed by atoms with Crippen LogP contribution in [0.4, 0.5) is 4.79 Å². The standard InChI is InChI=1S/C3HN3O3/c7-1-2(8)5-6-3(9)4-1/h(H,4,7,9). The summed E-state index contributed by atoms with van der Waals surface area (Å²) in [7, 11) is 0. The number of hydrogen-bond donors (Lipinski definition) is 1. The molecule has 1 rings (SSSR count). The number of rotatable bonds is 0. The fraction of sp³-hybridized carbons (Fsp3) is 0. The molecule has 1 heterocycles. The van der Waals surface area contributed by atoms with Crippen LogP contribution in [0, 0.1) is 0 Å². The van der Waals surface area contributed by atoms with Crippen LogP contribution in [0.3, 0.4) is 0 Å². The van der Waals surface area contributed by atoms with Gasteiger partial charge in [-0.3, -0.25) is 14.9 Å². The van der Waals surface area contributed by atoms with E-state index in [1.165, 1.54) is 0 Å². The topological polar surface area (TPSA) is 88.0 Å². The summed E-state index contributed by atoms with van der Waals surface area (Å²) in [5.74, 6) is -2.08. The summed E-state index contributed by atoms with van der Waals surface area (Å²) in [5, 5.41) is 7.12. The van der Waals surface area contributed by atoms with Crippen LogP contribution in [0.25, 0.3) is 0 Å². The number of amides is 4. The van der Waals surface area contributed by atoms with Crippen molar-refractivity contribution >= 4 is 17.8 Å². The van der Waals surface area contributed by atoms with Gasteiger partial charge in [0, 0.05) is 0 Å². The molecule has 0 atom stereocenters. The van der Waals surface area contributed by atoms with Crippen LogP contribution in [0.15, 0.2) is 10.2 Å².